The van der Waals surface area contributed by atoms with Crippen LogP contribution in [-0.2, 0) is 9.53 Å². The van der Waals surface area contributed by atoms with Crippen molar-refractivity contribution in [3.8, 4) is 5.75 Å². The van der Waals surface area contributed by atoms with Crippen LogP contribution in [0, 0.1) is 11.6 Å². The summed E-state index contributed by atoms with van der Waals surface area (Å²) in [5.41, 5.74) is -0.239. The third-order valence-corrected chi connectivity index (χ3v) is 3.58. The lowest BCUT2D eigenvalue weighted by Gasteiger charge is -2.08. The molecule has 1 N–H and O–H groups in total. The minimum atomic E-state index is -0.926. The number of carbonyl (C=O) groups is 2. The summed E-state index contributed by atoms with van der Waals surface area (Å²) < 4.78 is 36.8. The third kappa shape index (κ3) is 7.43. The summed E-state index contributed by atoms with van der Waals surface area (Å²) in [6.45, 7) is 0.872. The zero-order valence-corrected chi connectivity index (χ0v) is 14.8. The zero-order chi connectivity index (χ0) is 19.5. The van der Waals surface area contributed by atoms with Gasteiger partial charge in [0.15, 0.2) is 0 Å². The summed E-state index contributed by atoms with van der Waals surface area (Å²) in [6, 6.07) is 12.1. The fourth-order valence-electron chi connectivity index (χ4n) is 2.23. The number of hydrogen-bond acceptors (Lipinski definition) is 4. The molecule has 7 heteroatoms. The van der Waals surface area contributed by atoms with Crippen molar-refractivity contribution < 1.29 is 27.8 Å². The molecule has 1 amide bonds. The van der Waals surface area contributed by atoms with Gasteiger partial charge in [0.1, 0.15) is 17.4 Å². The second-order valence-corrected chi connectivity index (χ2v) is 5.72. The molecule has 0 saturated carbocycles. The molecule has 0 aliphatic rings. The van der Waals surface area contributed by atoms with Crippen LogP contribution < -0.4 is 10.1 Å². The van der Waals surface area contributed by atoms with Crippen LogP contribution in [0.2, 0.25) is 0 Å². The maximum Gasteiger partial charge on any atom is 0.305 e. The van der Waals surface area contributed by atoms with E-state index in [4.69, 9.17) is 9.47 Å². The second kappa shape index (κ2) is 10.9. The number of benzene rings is 2. The van der Waals surface area contributed by atoms with Crippen molar-refractivity contribution in [3.63, 3.8) is 0 Å². The SMILES string of the molecule is O=C(CCCNC(=O)c1ccc(F)cc1F)OCCCOc1ccccc1. The van der Waals surface area contributed by atoms with E-state index in [9.17, 15) is 18.4 Å². The normalized spacial score (nSPS) is 10.3. The molecule has 0 aliphatic heterocycles. The number of nitrogens with one attached hydrogen (secondary N) is 1. The minimum Gasteiger partial charge on any atom is -0.493 e. The number of carbonyl (C=O) groups excluding carboxylic acids is 2. The van der Waals surface area contributed by atoms with Crippen LogP contribution in [0.15, 0.2) is 48.5 Å². The standard InChI is InChI=1S/C20H21F2NO4/c21-15-9-10-17(18(22)14-15)20(25)23-11-4-8-19(24)27-13-5-12-26-16-6-2-1-3-7-16/h1-3,6-7,9-10,14H,4-5,8,11-13H2,(H,23,25). The van der Waals surface area contributed by atoms with Gasteiger partial charge in [-0.15, -0.1) is 0 Å². The van der Waals surface area contributed by atoms with E-state index >= 15 is 0 Å². The zero-order valence-electron chi connectivity index (χ0n) is 14.8. The van der Waals surface area contributed by atoms with E-state index < -0.39 is 17.5 Å². The molecule has 144 valence electrons. The Morgan fingerprint density at radius 1 is 0.963 bits per heavy atom. The Bertz CT molecular complexity index is 753. The average molecular weight is 377 g/mol. The van der Waals surface area contributed by atoms with Crippen LogP contribution in [0.4, 0.5) is 8.78 Å². The van der Waals surface area contributed by atoms with Gasteiger partial charge in [-0.25, -0.2) is 8.78 Å². The fourth-order valence-corrected chi connectivity index (χ4v) is 2.23. The summed E-state index contributed by atoms with van der Waals surface area (Å²) in [5.74, 6) is -1.95. The van der Waals surface area contributed by atoms with Crippen LogP contribution in [0.5, 0.6) is 5.75 Å². The van der Waals surface area contributed by atoms with E-state index in [1.807, 2.05) is 30.3 Å². The van der Waals surface area contributed by atoms with E-state index in [1.54, 1.807) is 0 Å². The van der Waals surface area contributed by atoms with E-state index in [0.717, 1.165) is 17.9 Å². The van der Waals surface area contributed by atoms with Gasteiger partial charge in [0, 0.05) is 25.5 Å². The predicted molar refractivity (Wildman–Crippen MR) is 95.4 cm³/mol. The van der Waals surface area contributed by atoms with Crippen molar-refractivity contribution in [1.82, 2.24) is 5.32 Å². The number of ether oxygens (including phenoxy) is 2. The molecule has 2 aromatic carbocycles. The van der Waals surface area contributed by atoms with Crippen molar-refractivity contribution >= 4 is 11.9 Å². The number of esters is 1. The molecule has 0 radical (unpaired) electrons. The molecule has 2 rings (SSSR count). The summed E-state index contributed by atoms with van der Waals surface area (Å²) in [7, 11) is 0. The molecular weight excluding hydrogens is 356 g/mol. The number of hydrogen-bond donors (Lipinski definition) is 1. The van der Waals surface area contributed by atoms with Gasteiger partial charge in [-0.2, -0.15) is 0 Å². The summed E-state index contributed by atoms with van der Waals surface area (Å²) in [6.07, 6.45) is 1.06. The number of halogens is 2. The smallest absolute Gasteiger partial charge is 0.305 e. The highest BCUT2D eigenvalue weighted by Gasteiger charge is 2.12. The van der Waals surface area contributed by atoms with Gasteiger partial charge in [0.2, 0.25) is 0 Å². The van der Waals surface area contributed by atoms with Crippen molar-refractivity contribution in [2.75, 3.05) is 19.8 Å². The average Bonchev–Trinajstić information content (AvgIpc) is 2.65. The first-order chi connectivity index (χ1) is 13.1. The summed E-state index contributed by atoms with van der Waals surface area (Å²) in [5, 5.41) is 2.48. The molecule has 0 bridgehead atoms. The molecule has 0 saturated heterocycles. The molecule has 0 unspecified atom stereocenters. The summed E-state index contributed by atoms with van der Waals surface area (Å²) >= 11 is 0. The molecule has 0 heterocycles. The van der Waals surface area contributed by atoms with Gasteiger partial charge in [-0.05, 0) is 30.7 Å². The lowest BCUT2D eigenvalue weighted by molar-refractivity contribution is -0.143. The van der Waals surface area contributed by atoms with Crippen molar-refractivity contribution in [3.05, 3.63) is 65.7 Å². The highest BCUT2D eigenvalue weighted by atomic mass is 19.1. The quantitative estimate of drug-likeness (QED) is 0.509. The lowest BCUT2D eigenvalue weighted by atomic mass is 10.2. The van der Waals surface area contributed by atoms with Crippen LogP contribution in [0.1, 0.15) is 29.6 Å². The Labute approximate surface area is 156 Å². The molecule has 0 atom stereocenters. The molecular formula is C20H21F2NO4. The molecule has 0 spiro atoms. The number of rotatable bonds is 10. The maximum atomic E-state index is 13.5. The molecule has 0 aromatic heterocycles. The maximum absolute atomic E-state index is 13.5. The summed E-state index contributed by atoms with van der Waals surface area (Å²) in [4.78, 5) is 23.4. The predicted octanol–water partition coefficient (Wildman–Crippen LogP) is 3.49. The molecule has 0 aliphatic carbocycles. The Balaban J connectivity index is 1.53. The molecule has 0 fully saturated rings. The number of amides is 1. The molecule has 2 aromatic rings. The molecule has 27 heavy (non-hydrogen) atoms. The lowest BCUT2D eigenvalue weighted by Crippen LogP contribution is -2.26. The number of para-hydroxylation sites is 1. The van der Waals surface area contributed by atoms with E-state index in [0.29, 0.717) is 25.5 Å². The Morgan fingerprint density at radius 3 is 2.48 bits per heavy atom. The third-order valence-electron chi connectivity index (χ3n) is 3.58. The van der Waals surface area contributed by atoms with E-state index in [-0.39, 0.29) is 31.1 Å². The van der Waals surface area contributed by atoms with Gasteiger partial charge >= 0.3 is 5.97 Å². The van der Waals surface area contributed by atoms with Crippen molar-refractivity contribution in [2.45, 2.75) is 19.3 Å². The first-order valence-electron chi connectivity index (χ1n) is 8.63. The van der Waals surface area contributed by atoms with Crippen molar-refractivity contribution in [1.29, 1.82) is 0 Å². The first kappa shape index (κ1) is 20.4. The van der Waals surface area contributed by atoms with Gasteiger partial charge in [0.05, 0.1) is 18.8 Å². The largest absolute Gasteiger partial charge is 0.493 e. The van der Waals surface area contributed by atoms with Crippen LogP contribution in [0.25, 0.3) is 0 Å². The van der Waals surface area contributed by atoms with Gasteiger partial charge in [-0.1, -0.05) is 18.2 Å². The van der Waals surface area contributed by atoms with Crippen molar-refractivity contribution in [2.24, 2.45) is 0 Å². The van der Waals surface area contributed by atoms with Crippen LogP contribution >= 0.6 is 0 Å². The van der Waals surface area contributed by atoms with Gasteiger partial charge < -0.3 is 14.8 Å². The van der Waals surface area contributed by atoms with E-state index in [2.05, 4.69) is 5.32 Å². The van der Waals surface area contributed by atoms with Gasteiger partial charge in [-0.3, -0.25) is 9.59 Å². The van der Waals surface area contributed by atoms with E-state index in [1.165, 1.54) is 0 Å². The molecule has 5 nitrogen and oxygen atoms in total. The highest BCUT2D eigenvalue weighted by molar-refractivity contribution is 5.94. The first-order valence-corrected chi connectivity index (χ1v) is 8.63. The van der Waals surface area contributed by atoms with Gasteiger partial charge in [0.25, 0.3) is 5.91 Å². The Kier molecular flexibility index (Phi) is 8.22. The Morgan fingerprint density at radius 2 is 1.74 bits per heavy atom. The second-order valence-electron chi connectivity index (χ2n) is 5.72. The monoisotopic (exact) mass is 377 g/mol. The topological polar surface area (TPSA) is 64.6 Å². The van der Waals surface area contributed by atoms with Crippen LogP contribution in [-0.4, -0.2) is 31.6 Å². The Hall–Kier alpha value is -2.96. The fraction of sp³-hybridized carbons (Fsp3) is 0.300. The van der Waals surface area contributed by atoms with Crippen LogP contribution in [0.3, 0.4) is 0 Å². The highest BCUT2D eigenvalue weighted by Crippen LogP contribution is 2.10. The minimum absolute atomic E-state index is 0.131.